The fraction of sp³-hybridized carbons (Fsp3) is 1.00. The first-order valence-corrected chi connectivity index (χ1v) is 4.04. The molecule has 50 valence electrons. The van der Waals surface area contributed by atoms with Gasteiger partial charge in [-0.2, -0.15) is 0 Å². The monoisotopic (exact) mass is 124 g/mol. The molecule has 3 aliphatic rings. The lowest BCUT2D eigenvalue weighted by atomic mass is 9.98. The van der Waals surface area contributed by atoms with Crippen LogP contribution in [0.15, 0.2) is 0 Å². The number of aliphatic hydroxyl groups excluding tert-OH is 1. The predicted molar refractivity (Wildman–Crippen MR) is 33.8 cm³/mol. The second kappa shape index (κ2) is 1.20. The van der Waals surface area contributed by atoms with E-state index in [-0.39, 0.29) is 6.10 Å². The molecule has 0 aromatic carbocycles. The zero-order valence-corrected chi connectivity index (χ0v) is 5.46. The molecule has 0 amide bonds. The molecular formula is C8H12O. The third-order valence-corrected chi connectivity index (χ3v) is 3.66. The quantitative estimate of drug-likeness (QED) is 0.511. The summed E-state index contributed by atoms with van der Waals surface area (Å²) in [5.74, 6) is 3.71. The summed E-state index contributed by atoms with van der Waals surface area (Å²) in [6, 6.07) is 0. The van der Waals surface area contributed by atoms with Crippen LogP contribution in [0.1, 0.15) is 19.3 Å². The molecule has 3 aliphatic carbocycles. The van der Waals surface area contributed by atoms with Crippen molar-refractivity contribution in [3.05, 3.63) is 0 Å². The van der Waals surface area contributed by atoms with Gasteiger partial charge in [0.25, 0.3) is 0 Å². The molecule has 1 heteroatoms. The molecule has 0 unspecified atom stereocenters. The van der Waals surface area contributed by atoms with Gasteiger partial charge in [0.1, 0.15) is 0 Å². The molecule has 1 nitrogen and oxygen atoms in total. The Morgan fingerprint density at radius 2 is 1.78 bits per heavy atom. The van der Waals surface area contributed by atoms with Crippen LogP contribution in [0.2, 0.25) is 0 Å². The van der Waals surface area contributed by atoms with E-state index in [0.717, 1.165) is 30.1 Å². The van der Waals surface area contributed by atoms with Gasteiger partial charge in [0.05, 0.1) is 6.10 Å². The van der Waals surface area contributed by atoms with Crippen LogP contribution in [0.5, 0.6) is 0 Å². The maximum Gasteiger partial charge on any atom is 0.0574 e. The highest BCUT2D eigenvalue weighted by molar-refractivity contribution is 5.09. The number of rotatable bonds is 0. The topological polar surface area (TPSA) is 20.2 Å². The number of aliphatic hydroxyl groups is 1. The average molecular weight is 124 g/mol. The van der Waals surface area contributed by atoms with E-state index in [0.29, 0.717) is 0 Å². The molecule has 3 rings (SSSR count). The zero-order chi connectivity index (χ0) is 6.01. The summed E-state index contributed by atoms with van der Waals surface area (Å²) in [5.41, 5.74) is 0. The van der Waals surface area contributed by atoms with Gasteiger partial charge in [-0.1, -0.05) is 0 Å². The molecule has 5 atom stereocenters. The van der Waals surface area contributed by atoms with Crippen LogP contribution in [-0.2, 0) is 0 Å². The molecule has 0 aromatic rings. The molecule has 0 saturated heterocycles. The SMILES string of the molecule is O[C@@H]1C[C@@H]2C[C@@H]1[C@H]1C[C@@H]21. The first kappa shape index (κ1) is 4.73. The minimum Gasteiger partial charge on any atom is -0.393 e. The maximum absolute atomic E-state index is 9.42. The molecule has 0 heterocycles. The Hall–Kier alpha value is -0.0400. The standard InChI is InChI=1S/C8H12O/c9-8-2-4-1-7(8)6-3-5(4)6/h4-9H,1-3H2/t4-,5-,6-,7+,8+/m0/s1. The summed E-state index contributed by atoms with van der Waals surface area (Å²) in [6.07, 6.45) is 4.04. The second-order valence-corrected chi connectivity index (χ2v) is 4.03. The van der Waals surface area contributed by atoms with Crippen molar-refractivity contribution in [2.75, 3.05) is 0 Å². The Bertz CT molecular complexity index is 151. The number of fused-ring (bicyclic) bond motifs is 5. The summed E-state index contributed by atoms with van der Waals surface area (Å²) in [4.78, 5) is 0. The van der Waals surface area contributed by atoms with Gasteiger partial charge in [-0.05, 0) is 42.9 Å². The molecule has 0 aromatic heterocycles. The van der Waals surface area contributed by atoms with Gasteiger partial charge in [0.15, 0.2) is 0 Å². The molecule has 1 N–H and O–H groups in total. The van der Waals surface area contributed by atoms with Crippen LogP contribution in [0.3, 0.4) is 0 Å². The minimum atomic E-state index is 0.0961. The van der Waals surface area contributed by atoms with Gasteiger partial charge in [-0.3, -0.25) is 0 Å². The van der Waals surface area contributed by atoms with Gasteiger partial charge >= 0.3 is 0 Å². The Morgan fingerprint density at radius 3 is 2.33 bits per heavy atom. The Balaban J connectivity index is 1.96. The van der Waals surface area contributed by atoms with Crippen molar-refractivity contribution < 1.29 is 5.11 Å². The summed E-state index contributed by atoms with van der Waals surface area (Å²) in [6.45, 7) is 0. The molecule has 0 aliphatic heterocycles. The van der Waals surface area contributed by atoms with E-state index in [1.165, 1.54) is 12.8 Å². The van der Waals surface area contributed by atoms with Crippen LogP contribution in [0, 0.1) is 23.7 Å². The van der Waals surface area contributed by atoms with Crippen molar-refractivity contribution in [3.8, 4) is 0 Å². The number of hydrogen-bond donors (Lipinski definition) is 1. The number of hydrogen-bond acceptors (Lipinski definition) is 1. The van der Waals surface area contributed by atoms with Crippen molar-refractivity contribution in [2.24, 2.45) is 23.7 Å². The van der Waals surface area contributed by atoms with Crippen LogP contribution < -0.4 is 0 Å². The fourth-order valence-corrected chi connectivity index (χ4v) is 3.17. The molecular weight excluding hydrogens is 112 g/mol. The van der Waals surface area contributed by atoms with Crippen molar-refractivity contribution in [1.82, 2.24) is 0 Å². The van der Waals surface area contributed by atoms with Crippen molar-refractivity contribution in [2.45, 2.75) is 25.4 Å². The molecule has 0 radical (unpaired) electrons. The summed E-state index contributed by atoms with van der Waals surface area (Å²) in [5, 5.41) is 9.42. The van der Waals surface area contributed by atoms with E-state index in [9.17, 15) is 5.11 Å². The highest BCUT2D eigenvalue weighted by Crippen LogP contribution is 2.65. The maximum atomic E-state index is 9.42. The van der Waals surface area contributed by atoms with Crippen LogP contribution in [0.25, 0.3) is 0 Å². The van der Waals surface area contributed by atoms with Crippen molar-refractivity contribution >= 4 is 0 Å². The third-order valence-electron chi connectivity index (χ3n) is 3.66. The van der Waals surface area contributed by atoms with Gasteiger partial charge in [0.2, 0.25) is 0 Å². The van der Waals surface area contributed by atoms with Gasteiger partial charge < -0.3 is 5.11 Å². The summed E-state index contributed by atoms with van der Waals surface area (Å²) >= 11 is 0. The molecule has 0 spiro atoms. The van der Waals surface area contributed by atoms with Gasteiger partial charge in [-0.15, -0.1) is 0 Å². The highest BCUT2D eigenvalue weighted by atomic mass is 16.3. The lowest BCUT2D eigenvalue weighted by Gasteiger charge is -2.14. The largest absolute Gasteiger partial charge is 0.393 e. The van der Waals surface area contributed by atoms with E-state index >= 15 is 0 Å². The molecule has 3 fully saturated rings. The van der Waals surface area contributed by atoms with E-state index in [1.807, 2.05) is 0 Å². The van der Waals surface area contributed by atoms with E-state index in [4.69, 9.17) is 0 Å². The minimum absolute atomic E-state index is 0.0961. The molecule has 3 saturated carbocycles. The van der Waals surface area contributed by atoms with E-state index in [1.54, 1.807) is 0 Å². The van der Waals surface area contributed by atoms with Crippen LogP contribution in [0.4, 0.5) is 0 Å². The lowest BCUT2D eigenvalue weighted by Crippen LogP contribution is -2.17. The zero-order valence-electron chi connectivity index (χ0n) is 5.46. The summed E-state index contributed by atoms with van der Waals surface area (Å²) < 4.78 is 0. The Labute approximate surface area is 55.1 Å². The lowest BCUT2D eigenvalue weighted by molar-refractivity contribution is 0.107. The predicted octanol–water partition coefficient (Wildman–Crippen LogP) is 1.02. The normalized spacial score (nSPS) is 68.3. The Morgan fingerprint density at radius 1 is 0.889 bits per heavy atom. The smallest absolute Gasteiger partial charge is 0.0574 e. The van der Waals surface area contributed by atoms with E-state index in [2.05, 4.69) is 0 Å². The average Bonchev–Trinajstić information content (AvgIpc) is 2.46. The first-order chi connectivity index (χ1) is 4.36. The molecule has 2 bridgehead atoms. The van der Waals surface area contributed by atoms with Crippen LogP contribution in [-0.4, -0.2) is 11.2 Å². The van der Waals surface area contributed by atoms with Crippen molar-refractivity contribution in [3.63, 3.8) is 0 Å². The molecule has 9 heavy (non-hydrogen) atoms. The van der Waals surface area contributed by atoms with E-state index < -0.39 is 0 Å². The Kier molecular flexibility index (Phi) is 0.628. The third kappa shape index (κ3) is 0.420. The van der Waals surface area contributed by atoms with Crippen LogP contribution >= 0.6 is 0 Å². The van der Waals surface area contributed by atoms with Gasteiger partial charge in [-0.25, -0.2) is 0 Å². The second-order valence-electron chi connectivity index (χ2n) is 4.03. The van der Waals surface area contributed by atoms with Gasteiger partial charge in [0, 0.05) is 0 Å². The first-order valence-electron chi connectivity index (χ1n) is 4.04. The highest BCUT2D eigenvalue weighted by Gasteiger charge is 2.60. The van der Waals surface area contributed by atoms with Crippen molar-refractivity contribution in [1.29, 1.82) is 0 Å². The fourth-order valence-electron chi connectivity index (χ4n) is 3.17. The summed E-state index contributed by atoms with van der Waals surface area (Å²) in [7, 11) is 0.